The van der Waals surface area contributed by atoms with Gasteiger partial charge in [0.05, 0.1) is 5.56 Å². The summed E-state index contributed by atoms with van der Waals surface area (Å²) in [5, 5.41) is 2.66. The highest BCUT2D eigenvalue weighted by atomic mass is 16.3. The van der Waals surface area contributed by atoms with Crippen LogP contribution < -0.4 is 11.2 Å². The predicted octanol–water partition coefficient (Wildman–Crippen LogP) is -0.341. The van der Waals surface area contributed by atoms with E-state index < -0.39 is 11.2 Å². The zero-order chi connectivity index (χ0) is 10.9. The Kier molecular flexibility index (Phi) is 2.64. The fourth-order valence-corrected chi connectivity index (χ4v) is 1.26. The van der Waals surface area contributed by atoms with E-state index in [-0.39, 0.29) is 12.1 Å². The van der Waals surface area contributed by atoms with Crippen LogP contribution in [-0.4, -0.2) is 9.13 Å². The standard InChI is InChI=1S/C8H11N3O3/c1-5-6(4-9-14)7(12)11(3)8(13)10(5)2/h4H2,1-3H3. The summed E-state index contributed by atoms with van der Waals surface area (Å²) < 4.78 is 2.29. The number of rotatable bonds is 2. The number of nitroso groups, excluding NO2 is 1. The Morgan fingerprint density at radius 1 is 1.21 bits per heavy atom. The van der Waals surface area contributed by atoms with Crippen molar-refractivity contribution in [1.82, 2.24) is 9.13 Å². The summed E-state index contributed by atoms with van der Waals surface area (Å²) in [6.45, 7) is 1.41. The molecule has 6 nitrogen and oxygen atoms in total. The van der Waals surface area contributed by atoms with E-state index in [1.54, 1.807) is 14.0 Å². The summed E-state index contributed by atoms with van der Waals surface area (Å²) in [4.78, 5) is 33.0. The van der Waals surface area contributed by atoms with Crippen LogP contribution in [0.3, 0.4) is 0 Å². The Labute approximate surface area is 79.8 Å². The Morgan fingerprint density at radius 2 is 1.79 bits per heavy atom. The molecule has 0 saturated carbocycles. The summed E-state index contributed by atoms with van der Waals surface area (Å²) >= 11 is 0. The molecule has 0 aliphatic carbocycles. The van der Waals surface area contributed by atoms with Crippen molar-refractivity contribution in [2.75, 3.05) is 0 Å². The first-order valence-electron chi connectivity index (χ1n) is 4.05. The van der Waals surface area contributed by atoms with Gasteiger partial charge in [0.15, 0.2) is 0 Å². The minimum absolute atomic E-state index is 0.202. The van der Waals surface area contributed by atoms with E-state index in [1.165, 1.54) is 11.6 Å². The molecule has 76 valence electrons. The lowest BCUT2D eigenvalue weighted by molar-refractivity contribution is 0.648. The molecule has 0 bridgehead atoms. The van der Waals surface area contributed by atoms with Crippen molar-refractivity contribution < 1.29 is 0 Å². The van der Waals surface area contributed by atoms with Gasteiger partial charge in [-0.25, -0.2) is 4.79 Å². The fraction of sp³-hybridized carbons (Fsp3) is 0.500. The van der Waals surface area contributed by atoms with Crippen molar-refractivity contribution in [3.05, 3.63) is 37.0 Å². The van der Waals surface area contributed by atoms with Gasteiger partial charge in [0.2, 0.25) is 0 Å². The lowest BCUT2D eigenvalue weighted by atomic mass is 10.2. The molecule has 0 aliphatic rings. The maximum absolute atomic E-state index is 11.5. The molecular weight excluding hydrogens is 186 g/mol. The normalized spacial score (nSPS) is 10.2. The van der Waals surface area contributed by atoms with Gasteiger partial charge < -0.3 is 4.57 Å². The Balaban J connectivity index is 3.68. The molecular formula is C8H11N3O3. The van der Waals surface area contributed by atoms with Crippen molar-refractivity contribution in [2.45, 2.75) is 13.5 Å². The first-order chi connectivity index (χ1) is 6.50. The Hall–Kier alpha value is -1.72. The predicted molar refractivity (Wildman–Crippen MR) is 51.2 cm³/mol. The van der Waals surface area contributed by atoms with Crippen LogP contribution in [0, 0.1) is 11.8 Å². The van der Waals surface area contributed by atoms with Crippen LogP contribution in [0.1, 0.15) is 11.3 Å². The van der Waals surface area contributed by atoms with Gasteiger partial charge in [-0.15, -0.1) is 0 Å². The highest BCUT2D eigenvalue weighted by molar-refractivity contribution is 5.16. The van der Waals surface area contributed by atoms with E-state index in [9.17, 15) is 14.5 Å². The molecule has 1 aromatic heterocycles. The number of aromatic nitrogens is 2. The highest BCUT2D eigenvalue weighted by Crippen LogP contribution is 1.99. The van der Waals surface area contributed by atoms with Gasteiger partial charge >= 0.3 is 5.69 Å². The maximum atomic E-state index is 11.5. The molecule has 0 aromatic carbocycles. The minimum Gasteiger partial charge on any atom is -0.301 e. The molecule has 0 spiro atoms. The Morgan fingerprint density at radius 3 is 2.29 bits per heavy atom. The molecule has 0 radical (unpaired) electrons. The second kappa shape index (κ2) is 3.57. The first-order valence-corrected chi connectivity index (χ1v) is 4.05. The zero-order valence-electron chi connectivity index (χ0n) is 8.27. The second-order valence-electron chi connectivity index (χ2n) is 3.06. The quantitative estimate of drug-likeness (QED) is 0.609. The molecule has 1 rings (SSSR count). The molecule has 14 heavy (non-hydrogen) atoms. The van der Waals surface area contributed by atoms with Gasteiger partial charge in [-0.3, -0.25) is 9.36 Å². The van der Waals surface area contributed by atoms with E-state index in [4.69, 9.17) is 0 Å². The summed E-state index contributed by atoms with van der Waals surface area (Å²) in [6, 6.07) is 0. The number of nitrogens with zero attached hydrogens (tertiary/aromatic N) is 3. The van der Waals surface area contributed by atoms with E-state index in [0.29, 0.717) is 5.69 Å². The lowest BCUT2D eigenvalue weighted by Crippen LogP contribution is -2.40. The molecule has 6 heteroatoms. The van der Waals surface area contributed by atoms with Crippen molar-refractivity contribution in [3.8, 4) is 0 Å². The van der Waals surface area contributed by atoms with Crippen LogP contribution in [0.25, 0.3) is 0 Å². The zero-order valence-corrected chi connectivity index (χ0v) is 8.27. The molecule has 1 heterocycles. The fourth-order valence-electron chi connectivity index (χ4n) is 1.26. The minimum atomic E-state index is -0.454. The van der Waals surface area contributed by atoms with E-state index in [0.717, 1.165) is 4.57 Å². The summed E-state index contributed by atoms with van der Waals surface area (Å²) in [5.74, 6) is 0. The van der Waals surface area contributed by atoms with Gasteiger partial charge in [0.25, 0.3) is 5.56 Å². The maximum Gasteiger partial charge on any atom is 0.330 e. The number of hydrogen-bond acceptors (Lipinski definition) is 4. The average Bonchev–Trinajstić information content (AvgIpc) is 2.19. The average molecular weight is 197 g/mol. The van der Waals surface area contributed by atoms with Crippen molar-refractivity contribution in [2.24, 2.45) is 19.3 Å². The van der Waals surface area contributed by atoms with Gasteiger partial charge in [0.1, 0.15) is 6.54 Å². The molecule has 0 fully saturated rings. The smallest absolute Gasteiger partial charge is 0.301 e. The third-order valence-electron chi connectivity index (χ3n) is 2.30. The van der Waals surface area contributed by atoms with Crippen LogP contribution in [0.4, 0.5) is 0 Å². The van der Waals surface area contributed by atoms with Gasteiger partial charge in [-0.05, 0) is 6.92 Å². The highest BCUT2D eigenvalue weighted by Gasteiger charge is 2.11. The second-order valence-corrected chi connectivity index (χ2v) is 3.06. The molecule has 0 amide bonds. The largest absolute Gasteiger partial charge is 0.330 e. The van der Waals surface area contributed by atoms with Crippen molar-refractivity contribution >= 4 is 0 Å². The summed E-state index contributed by atoms with van der Waals surface area (Å²) in [5.41, 5.74) is -0.102. The Bertz CT molecular complexity index is 484. The third kappa shape index (κ3) is 1.39. The van der Waals surface area contributed by atoms with E-state index in [1.807, 2.05) is 0 Å². The van der Waals surface area contributed by atoms with Crippen LogP contribution >= 0.6 is 0 Å². The van der Waals surface area contributed by atoms with Crippen LogP contribution in [0.2, 0.25) is 0 Å². The topological polar surface area (TPSA) is 73.4 Å². The first kappa shape index (κ1) is 10.4. The van der Waals surface area contributed by atoms with Gasteiger partial charge in [0, 0.05) is 19.8 Å². The molecule has 0 N–H and O–H groups in total. The summed E-state index contributed by atoms with van der Waals surface area (Å²) in [6.07, 6.45) is 0. The van der Waals surface area contributed by atoms with Gasteiger partial charge in [-0.1, -0.05) is 5.18 Å². The third-order valence-corrected chi connectivity index (χ3v) is 2.30. The van der Waals surface area contributed by atoms with Gasteiger partial charge in [-0.2, -0.15) is 4.91 Å². The summed E-state index contributed by atoms with van der Waals surface area (Å²) in [7, 11) is 2.92. The molecule has 0 saturated heterocycles. The lowest BCUT2D eigenvalue weighted by Gasteiger charge is -2.08. The van der Waals surface area contributed by atoms with Crippen molar-refractivity contribution in [3.63, 3.8) is 0 Å². The molecule has 0 unspecified atom stereocenters. The van der Waals surface area contributed by atoms with Crippen molar-refractivity contribution in [1.29, 1.82) is 0 Å². The number of hydrogen-bond donors (Lipinski definition) is 0. The molecule has 1 aromatic rings. The van der Waals surface area contributed by atoms with Crippen LogP contribution in [-0.2, 0) is 20.6 Å². The monoisotopic (exact) mass is 197 g/mol. The SMILES string of the molecule is Cc1c(CN=O)c(=O)n(C)c(=O)n1C. The molecule has 0 atom stereocenters. The van der Waals surface area contributed by atoms with Crippen LogP contribution in [0.15, 0.2) is 14.8 Å². The molecule has 0 aliphatic heterocycles. The van der Waals surface area contributed by atoms with E-state index in [2.05, 4.69) is 5.18 Å². The van der Waals surface area contributed by atoms with Crippen LogP contribution in [0.5, 0.6) is 0 Å². The van der Waals surface area contributed by atoms with E-state index >= 15 is 0 Å².